The molecule has 1 aliphatic carbocycles. The quantitative estimate of drug-likeness (QED) is 0.658. The van der Waals surface area contributed by atoms with Crippen LogP contribution in [0.1, 0.15) is 18.5 Å². The molecule has 0 saturated heterocycles. The van der Waals surface area contributed by atoms with Gasteiger partial charge in [-0.05, 0) is 65.0 Å². The van der Waals surface area contributed by atoms with Crippen molar-refractivity contribution in [3.05, 3.63) is 51.5 Å². The minimum absolute atomic E-state index is 0.0262. The second-order valence-electron chi connectivity index (χ2n) is 6.70. The minimum Gasteiger partial charge on any atom is -0.384 e. The Bertz CT molecular complexity index is 795. The highest BCUT2D eigenvalue weighted by Gasteiger charge is 2.53. The number of fused-ring (bicyclic) bond motifs is 2. The molecular weight excluding hydrogens is 395 g/mol. The van der Waals surface area contributed by atoms with E-state index in [-0.39, 0.29) is 10.4 Å². The molecule has 1 aromatic heterocycles. The highest BCUT2D eigenvalue weighted by atomic mass is 79.9. The number of methoxy groups -OCH3 is 1. The molecule has 0 amide bonds. The molecule has 24 heavy (non-hydrogen) atoms. The number of nitrogens with zero attached hydrogens (tertiary/aromatic N) is 2. The van der Waals surface area contributed by atoms with Crippen molar-refractivity contribution >= 4 is 38.9 Å². The van der Waals surface area contributed by atoms with Crippen LogP contribution in [-0.2, 0) is 10.2 Å². The maximum absolute atomic E-state index is 13.9. The van der Waals surface area contributed by atoms with Crippen molar-refractivity contribution in [2.24, 2.45) is 5.92 Å². The van der Waals surface area contributed by atoms with Gasteiger partial charge in [-0.25, -0.2) is 9.37 Å². The van der Waals surface area contributed by atoms with Crippen LogP contribution in [0.15, 0.2) is 34.9 Å². The van der Waals surface area contributed by atoms with Gasteiger partial charge in [-0.1, -0.05) is 11.6 Å². The molecule has 2 aliphatic rings. The molecule has 1 fully saturated rings. The Kier molecular flexibility index (Phi) is 4.06. The van der Waals surface area contributed by atoms with Gasteiger partial charge in [-0.15, -0.1) is 0 Å². The monoisotopic (exact) mass is 410 g/mol. The second-order valence-corrected chi connectivity index (χ2v) is 7.92. The first-order valence-electron chi connectivity index (χ1n) is 7.91. The van der Waals surface area contributed by atoms with E-state index in [1.807, 2.05) is 12.1 Å². The molecule has 1 aliphatic heterocycles. The molecule has 2 heterocycles. The molecule has 4 rings (SSSR count). The molecular formula is C18H17BrClFN2O. The fourth-order valence-electron chi connectivity index (χ4n) is 4.10. The first-order valence-corrected chi connectivity index (χ1v) is 9.08. The van der Waals surface area contributed by atoms with Crippen LogP contribution >= 0.6 is 27.5 Å². The number of aromatic nitrogens is 1. The topological polar surface area (TPSA) is 25.4 Å². The molecule has 0 bridgehead atoms. The summed E-state index contributed by atoms with van der Waals surface area (Å²) in [5.74, 6) is 0.165. The highest BCUT2D eigenvalue weighted by Crippen LogP contribution is 2.56. The lowest BCUT2D eigenvalue weighted by atomic mass is 9.61. The standard InChI is InChI=1S/C18H17BrClFN2O/c1-24-9-11-7-18(8-11)10-23(12-2-3-13(20)14(21)6-12)15-4-5-16(19)22-17(15)18/h2-6,11H,7-10H2,1H3. The van der Waals surface area contributed by atoms with Crippen LogP contribution in [0.2, 0.25) is 5.02 Å². The average Bonchev–Trinajstić information content (AvgIpc) is 2.85. The molecule has 2 aromatic rings. The summed E-state index contributed by atoms with van der Waals surface area (Å²) in [6.45, 7) is 1.59. The van der Waals surface area contributed by atoms with Crippen LogP contribution < -0.4 is 4.90 Å². The van der Waals surface area contributed by atoms with Crippen LogP contribution in [0.4, 0.5) is 15.8 Å². The van der Waals surface area contributed by atoms with E-state index < -0.39 is 5.82 Å². The summed E-state index contributed by atoms with van der Waals surface area (Å²) >= 11 is 9.31. The fraction of sp³-hybridized carbons (Fsp3) is 0.389. The molecule has 0 atom stereocenters. The van der Waals surface area contributed by atoms with Crippen molar-refractivity contribution in [1.82, 2.24) is 4.98 Å². The van der Waals surface area contributed by atoms with Crippen molar-refractivity contribution < 1.29 is 9.13 Å². The number of ether oxygens (including phenoxy) is 1. The molecule has 1 spiro atoms. The number of pyridine rings is 1. The lowest BCUT2D eigenvalue weighted by Gasteiger charge is -2.44. The highest BCUT2D eigenvalue weighted by molar-refractivity contribution is 9.10. The molecule has 1 saturated carbocycles. The predicted octanol–water partition coefficient (Wildman–Crippen LogP) is 5.08. The van der Waals surface area contributed by atoms with E-state index >= 15 is 0 Å². The number of hydrogen-bond donors (Lipinski definition) is 0. The fourth-order valence-corrected chi connectivity index (χ4v) is 4.53. The number of halogens is 3. The lowest BCUT2D eigenvalue weighted by Crippen LogP contribution is -2.46. The summed E-state index contributed by atoms with van der Waals surface area (Å²) in [4.78, 5) is 6.90. The van der Waals surface area contributed by atoms with Gasteiger partial charge in [0.1, 0.15) is 10.4 Å². The zero-order valence-electron chi connectivity index (χ0n) is 13.2. The van der Waals surface area contributed by atoms with Gasteiger partial charge in [0, 0.05) is 31.4 Å². The Morgan fingerprint density at radius 3 is 2.88 bits per heavy atom. The number of benzene rings is 1. The Balaban J connectivity index is 1.72. The Morgan fingerprint density at radius 2 is 2.17 bits per heavy atom. The Hall–Kier alpha value is -1.17. The van der Waals surface area contributed by atoms with Gasteiger partial charge in [-0.2, -0.15) is 0 Å². The van der Waals surface area contributed by atoms with Crippen molar-refractivity contribution in [3.63, 3.8) is 0 Å². The summed E-state index contributed by atoms with van der Waals surface area (Å²) < 4.78 is 20.1. The van der Waals surface area contributed by atoms with E-state index in [0.29, 0.717) is 5.92 Å². The first kappa shape index (κ1) is 16.3. The van der Waals surface area contributed by atoms with Gasteiger partial charge in [0.2, 0.25) is 0 Å². The van der Waals surface area contributed by atoms with Crippen LogP contribution in [0.5, 0.6) is 0 Å². The lowest BCUT2D eigenvalue weighted by molar-refractivity contribution is 0.0573. The number of rotatable bonds is 3. The largest absolute Gasteiger partial charge is 0.384 e. The average molecular weight is 412 g/mol. The summed E-state index contributed by atoms with van der Waals surface area (Å²) in [6, 6.07) is 8.96. The van der Waals surface area contributed by atoms with Crippen molar-refractivity contribution in [2.45, 2.75) is 18.3 Å². The van der Waals surface area contributed by atoms with Gasteiger partial charge in [0.15, 0.2) is 0 Å². The van der Waals surface area contributed by atoms with E-state index in [4.69, 9.17) is 21.3 Å². The number of hydrogen-bond acceptors (Lipinski definition) is 3. The van der Waals surface area contributed by atoms with Crippen LogP contribution in [0.25, 0.3) is 0 Å². The van der Waals surface area contributed by atoms with E-state index in [1.165, 1.54) is 6.07 Å². The van der Waals surface area contributed by atoms with E-state index in [1.54, 1.807) is 13.2 Å². The minimum atomic E-state index is -0.396. The third-order valence-corrected chi connectivity index (χ3v) is 5.82. The van der Waals surface area contributed by atoms with Gasteiger partial charge in [-0.3, -0.25) is 0 Å². The SMILES string of the molecule is COCC1CC2(C1)CN(c1ccc(Cl)c(F)c1)c1ccc(Br)nc12. The van der Waals surface area contributed by atoms with Crippen LogP contribution in [0.3, 0.4) is 0 Å². The smallest absolute Gasteiger partial charge is 0.143 e. The second kappa shape index (κ2) is 5.97. The molecule has 6 heteroatoms. The van der Waals surface area contributed by atoms with E-state index in [9.17, 15) is 4.39 Å². The molecule has 0 unspecified atom stereocenters. The summed E-state index contributed by atoms with van der Waals surface area (Å²) in [7, 11) is 1.74. The third kappa shape index (κ3) is 2.54. The van der Waals surface area contributed by atoms with Crippen molar-refractivity contribution in [3.8, 4) is 0 Å². The van der Waals surface area contributed by atoms with E-state index in [0.717, 1.165) is 47.7 Å². The van der Waals surface area contributed by atoms with Crippen molar-refractivity contribution in [1.29, 1.82) is 0 Å². The van der Waals surface area contributed by atoms with Gasteiger partial charge >= 0.3 is 0 Å². The van der Waals surface area contributed by atoms with Gasteiger partial charge < -0.3 is 9.64 Å². The van der Waals surface area contributed by atoms with Crippen LogP contribution in [0, 0.1) is 11.7 Å². The van der Waals surface area contributed by atoms with Crippen molar-refractivity contribution in [2.75, 3.05) is 25.2 Å². The Labute approximate surface area is 153 Å². The van der Waals surface area contributed by atoms with E-state index in [2.05, 4.69) is 26.9 Å². The van der Waals surface area contributed by atoms with Crippen LogP contribution in [-0.4, -0.2) is 25.2 Å². The summed E-state index contributed by atoms with van der Waals surface area (Å²) in [6.07, 6.45) is 2.09. The molecule has 1 aromatic carbocycles. The maximum atomic E-state index is 13.9. The first-order chi connectivity index (χ1) is 11.5. The maximum Gasteiger partial charge on any atom is 0.143 e. The third-order valence-electron chi connectivity index (χ3n) is 5.07. The Morgan fingerprint density at radius 1 is 1.38 bits per heavy atom. The molecule has 0 N–H and O–H groups in total. The summed E-state index contributed by atoms with van der Waals surface area (Å²) in [5.41, 5.74) is 2.99. The molecule has 3 nitrogen and oxygen atoms in total. The predicted molar refractivity (Wildman–Crippen MR) is 96.6 cm³/mol. The normalized spacial score (nSPS) is 25.0. The zero-order chi connectivity index (χ0) is 16.9. The van der Waals surface area contributed by atoms with Gasteiger partial charge in [0.05, 0.1) is 16.4 Å². The molecule has 126 valence electrons. The molecule has 0 radical (unpaired) electrons. The van der Waals surface area contributed by atoms with Gasteiger partial charge in [0.25, 0.3) is 0 Å². The number of anilines is 2. The summed E-state index contributed by atoms with van der Waals surface area (Å²) in [5, 5.41) is 0.144. The zero-order valence-corrected chi connectivity index (χ0v) is 15.6.